The van der Waals surface area contributed by atoms with E-state index in [1.165, 1.54) is 6.92 Å². The van der Waals surface area contributed by atoms with Gasteiger partial charge in [0.1, 0.15) is 0 Å². The van der Waals surface area contributed by atoms with Crippen molar-refractivity contribution in [2.45, 2.75) is 43.5 Å². The van der Waals surface area contributed by atoms with Crippen LogP contribution in [0, 0.1) is 5.92 Å². The molecule has 1 aromatic rings. The van der Waals surface area contributed by atoms with Crippen LogP contribution in [0.15, 0.2) is 23.1 Å². The summed E-state index contributed by atoms with van der Waals surface area (Å²) >= 11 is 0. The van der Waals surface area contributed by atoms with Gasteiger partial charge in [-0.05, 0) is 49.4 Å². The Balaban J connectivity index is 1.86. The van der Waals surface area contributed by atoms with Crippen LogP contribution in [0.2, 0.25) is 0 Å². The fourth-order valence-electron chi connectivity index (χ4n) is 3.59. The van der Waals surface area contributed by atoms with Gasteiger partial charge in [-0.2, -0.15) is 0 Å². The lowest BCUT2D eigenvalue weighted by Gasteiger charge is -2.20. The molecule has 126 valence electrons. The molecule has 0 saturated heterocycles. The van der Waals surface area contributed by atoms with Gasteiger partial charge in [0.25, 0.3) is 0 Å². The fraction of sp³-hybridized carbons (Fsp3) is 0.562. The van der Waals surface area contributed by atoms with Crippen LogP contribution in [0.25, 0.3) is 0 Å². The predicted octanol–water partition coefficient (Wildman–Crippen LogP) is 1.00. The largest absolute Gasteiger partial charge is 0.330 e. The second-order valence-electron chi connectivity index (χ2n) is 6.37. The van der Waals surface area contributed by atoms with Crippen LogP contribution in [0.3, 0.4) is 0 Å². The summed E-state index contributed by atoms with van der Waals surface area (Å²) < 4.78 is 28.1. The maximum absolute atomic E-state index is 12.7. The number of benzene rings is 1. The second kappa shape index (κ2) is 6.22. The quantitative estimate of drug-likeness (QED) is 0.857. The number of nitrogens with two attached hydrogens (primary N) is 1. The molecule has 3 rings (SSSR count). The first-order valence-corrected chi connectivity index (χ1v) is 9.54. The minimum absolute atomic E-state index is 0.0646. The molecule has 2 aliphatic rings. The van der Waals surface area contributed by atoms with Crippen molar-refractivity contribution in [3.05, 3.63) is 23.8 Å². The Hall–Kier alpha value is -1.44. The van der Waals surface area contributed by atoms with Crippen LogP contribution in [0.5, 0.6) is 0 Å². The summed E-state index contributed by atoms with van der Waals surface area (Å²) in [5.74, 6) is 0.137. The third-order valence-corrected chi connectivity index (χ3v) is 6.40. The molecule has 0 aromatic heterocycles. The molecule has 2 atom stereocenters. The topological polar surface area (TPSA) is 92.5 Å². The summed E-state index contributed by atoms with van der Waals surface area (Å²) in [6.07, 6.45) is 3.55. The van der Waals surface area contributed by atoms with Gasteiger partial charge in [-0.1, -0.05) is 12.5 Å². The highest BCUT2D eigenvalue weighted by Gasteiger charge is 2.31. The van der Waals surface area contributed by atoms with Gasteiger partial charge in [-0.25, -0.2) is 13.1 Å². The van der Waals surface area contributed by atoms with E-state index in [9.17, 15) is 13.2 Å². The molecule has 0 spiro atoms. The first kappa shape index (κ1) is 16.4. The zero-order valence-corrected chi connectivity index (χ0v) is 14.1. The first-order chi connectivity index (χ1) is 10.9. The van der Waals surface area contributed by atoms with Gasteiger partial charge >= 0.3 is 0 Å². The van der Waals surface area contributed by atoms with Crippen molar-refractivity contribution < 1.29 is 13.2 Å². The molecule has 1 aliphatic carbocycles. The summed E-state index contributed by atoms with van der Waals surface area (Å²) in [5.41, 5.74) is 7.45. The maximum Gasteiger partial charge on any atom is 0.240 e. The zero-order chi connectivity index (χ0) is 16.6. The Kier molecular flexibility index (Phi) is 4.44. The van der Waals surface area contributed by atoms with Gasteiger partial charge in [0.2, 0.25) is 15.9 Å². The lowest BCUT2D eigenvalue weighted by atomic mass is 10.1. The molecule has 0 radical (unpaired) electrons. The molecule has 3 N–H and O–H groups in total. The average Bonchev–Trinajstić information content (AvgIpc) is 3.11. The monoisotopic (exact) mass is 337 g/mol. The van der Waals surface area contributed by atoms with Gasteiger partial charge in [0.15, 0.2) is 0 Å². The molecular weight excluding hydrogens is 314 g/mol. The smallest absolute Gasteiger partial charge is 0.240 e. The molecular formula is C16H23N3O3S. The van der Waals surface area contributed by atoms with E-state index >= 15 is 0 Å². The second-order valence-corrected chi connectivity index (χ2v) is 8.08. The molecule has 6 nitrogen and oxygen atoms in total. The van der Waals surface area contributed by atoms with Gasteiger partial charge in [0.05, 0.1) is 4.90 Å². The highest BCUT2D eigenvalue weighted by molar-refractivity contribution is 7.89. The van der Waals surface area contributed by atoms with Crippen LogP contribution in [-0.4, -0.2) is 33.5 Å². The van der Waals surface area contributed by atoms with Gasteiger partial charge in [-0.15, -0.1) is 0 Å². The number of carbonyl (C=O) groups excluding carboxylic acids is 1. The SMILES string of the molecule is CC(=O)N1CCc2ccc(S(=O)(=O)N[C@H]3CCC[C@@H]3CN)cc21. The van der Waals surface area contributed by atoms with Crippen molar-refractivity contribution in [3.63, 3.8) is 0 Å². The first-order valence-electron chi connectivity index (χ1n) is 8.06. The Morgan fingerprint density at radius 1 is 1.39 bits per heavy atom. The van der Waals surface area contributed by atoms with Gasteiger partial charge in [0, 0.05) is 25.2 Å². The number of nitrogens with zero attached hydrogens (tertiary/aromatic N) is 1. The molecule has 1 fully saturated rings. The van der Waals surface area contributed by atoms with E-state index in [0.29, 0.717) is 18.8 Å². The number of carbonyl (C=O) groups is 1. The van der Waals surface area contributed by atoms with E-state index in [4.69, 9.17) is 5.73 Å². The number of sulfonamides is 1. The van der Waals surface area contributed by atoms with Crippen LogP contribution in [0.4, 0.5) is 5.69 Å². The summed E-state index contributed by atoms with van der Waals surface area (Å²) in [5, 5.41) is 0. The zero-order valence-electron chi connectivity index (χ0n) is 13.3. The van der Waals surface area contributed by atoms with Crippen molar-refractivity contribution in [2.24, 2.45) is 11.7 Å². The highest BCUT2D eigenvalue weighted by Crippen LogP contribution is 2.31. The summed E-state index contributed by atoms with van der Waals surface area (Å²) in [4.78, 5) is 13.5. The van der Waals surface area contributed by atoms with E-state index in [-0.39, 0.29) is 22.8 Å². The minimum Gasteiger partial charge on any atom is -0.330 e. The van der Waals surface area contributed by atoms with Crippen LogP contribution in [0.1, 0.15) is 31.7 Å². The predicted molar refractivity (Wildman–Crippen MR) is 88.7 cm³/mol. The Morgan fingerprint density at radius 2 is 2.17 bits per heavy atom. The molecule has 1 saturated carbocycles. The van der Waals surface area contributed by atoms with E-state index in [2.05, 4.69) is 4.72 Å². The fourth-order valence-corrected chi connectivity index (χ4v) is 4.95. The molecule has 0 unspecified atom stereocenters. The summed E-state index contributed by atoms with van der Waals surface area (Å²) in [7, 11) is -3.60. The molecule has 1 aromatic carbocycles. The summed E-state index contributed by atoms with van der Waals surface area (Å²) in [6, 6.07) is 4.94. The Morgan fingerprint density at radius 3 is 2.87 bits per heavy atom. The van der Waals surface area contributed by atoms with E-state index in [1.807, 2.05) is 6.07 Å². The van der Waals surface area contributed by atoms with Crippen molar-refractivity contribution in [3.8, 4) is 0 Å². The van der Waals surface area contributed by atoms with Gasteiger partial charge in [-0.3, -0.25) is 4.79 Å². The van der Waals surface area contributed by atoms with Crippen LogP contribution >= 0.6 is 0 Å². The number of hydrogen-bond donors (Lipinski definition) is 2. The lowest BCUT2D eigenvalue weighted by Crippen LogP contribution is -2.39. The van der Waals surface area contributed by atoms with Gasteiger partial charge < -0.3 is 10.6 Å². The van der Waals surface area contributed by atoms with Crippen molar-refractivity contribution in [2.75, 3.05) is 18.0 Å². The summed E-state index contributed by atoms with van der Waals surface area (Å²) in [6.45, 7) is 2.61. The number of hydrogen-bond acceptors (Lipinski definition) is 4. The molecule has 1 amide bonds. The molecule has 0 bridgehead atoms. The number of anilines is 1. The minimum atomic E-state index is -3.60. The highest BCUT2D eigenvalue weighted by atomic mass is 32.2. The maximum atomic E-state index is 12.7. The van der Waals surface area contributed by atoms with E-state index < -0.39 is 10.0 Å². The molecule has 23 heavy (non-hydrogen) atoms. The lowest BCUT2D eigenvalue weighted by molar-refractivity contribution is -0.116. The number of fused-ring (bicyclic) bond motifs is 1. The molecule has 1 aliphatic heterocycles. The molecule has 1 heterocycles. The van der Waals surface area contributed by atoms with Crippen molar-refractivity contribution >= 4 is 21.6 Å². The standard InChI is InChI=1S/C16H23N3O3S/c1-11(20)19-8-7-12-5-6-14(9-16(12)19)23(21,22)18-15-4-2-3-13(15)10-17/h5-6,9,13,15,18H,2-4,7-8,10,17H2,1H3/t13-,15+/m1/s1. The normalized spacial score (nSPS) is 24.0. The van der Waals surface area contributed by atoms with E-state index in [0.717, 1.165) is 31.2 Å². The Labute approximate surface area is 137 Å². The number of rotatable bonds is 4. The van der Waals surface area contributed by atoms with Crippen molar-refractivity contribution in [1.29, 1.82) is 0 Å². The van der Waals surface area contributed by atoms with E-state index in [1.54, 1.807) is 17.0 Å². The molecule has 7 heteroatoms. The number of nitrogens with one attached hydrogen (secondary N) is 1. The van der Waals surface area contributed by atoms with Crippen molar-refractivity contribution in [1.82, 2.24) is 4.72 Å². The van der Waals surface area contributed by atoms with Crippen LogP contribution in [-0.2, 0) is 21.2 Å². The Bertz CT molecular complexity index is 717. The third-order valence-electron chi connectivity index (χ3n) is 4.91. The average molecular weight is 337 g/mol. The third kappa shape index (κ3) is 3.13. The number of amides is 1. The van der Waals surface area contributed by atoms with Crippen LogP contribution < -0.4 is 15.4 Å².